The van der Waals surface area contributed by atoms with E-state index in [9.17, 15) is 30.3 Å². The number of hydrogen-bond donors (Lipinski definition) is 6. The predicted octanol–water partition coefficient (Wildman–Crippen LogP) is 12.6. The predicted molar refractivity (Wildman–Crippen MR) is 267 cm³/mol. The molecule has 0 aliphatic carbocycles. The minimum absolute atomic E-state index is 0.199. The van der Waals surface area contributed by atoms with Gasteiger partial charge in [-0.05, 0) is 70.6 Å². The van der Waals surface area contributed by atoms with Crippen molar-refractivity contribution in [2.24, 2.45) is 0 Å². The SMILES string of the molecule is CCCCCCCCC/C=C\CCCCCCCC(=O)NC(COC1OC(CO)C(O)C(O)C1O)C(O)/C=C/CC/C=C/CC/C=C/CCCCCCCCCCCCCCCCC. The zero-order valence-electron chi connectivity index (χ0n) is 41.3. The molecule has 9 heteroatoms. The Balaban J connectivity index is 2.31. The van der Waals surface area contributed by atoms with E-state index >= 15 is 0 Å². The standard InChI is InChI=1S/C55H101NO8/c1-3-5-7-9-11-13-15-17-19-21-22-23-24-25-26-27-28-29-30-32-34-36-38-40-42-44-49(58)48(47-63-55-54(62)53(61)52(60)50(46-57)64-55)56-51(59)45-43-41-39-37-35-33-31-20-18-16-14-12-10-8-6-4-2/h20,28-29,31,34,36,42,44,48-50,52-55,57-58,60-62H,3-19,21-27,30,32-33,35,37-41,43,45-47H2,1-2H3,(H,56,59)/b29-28+,31-20-,36-34+,44-42+. The van der Waals surface area contributed by atoms with E-state index in [-0.39, 0.29) is 12.5 Å². The molecule has 0 aromatic heterocycles. The minimum atomic E-state index is -1.58. The number of carbonyl (C=O) groups excluding carboxylic acids is 1. The summed E-state index contributed by atoms with van der Waals surface area (Å²) in [4.78, 5) is 13.0. The molecule has 0 spiro atoms. The lowest BCUT2D eigenvalue weighted by molar-refractivity contribution is -0.302. The number of unbranched alkanes of at least 4 members (excludes halogenated alkanes) is 29. The molecule has 1 fully saturated rings. The number of ether oxygens (including phenoxy) is 2. The van der Waals surface area contributed by atoms with Gasteiger partial charge in [-0.1, -0.05) is 210 Å². The smallest absolute Gasteiger partial charge is 0.220 e. The molecule has 0 aromatic rings. The van der Waals surface area contributed by atoms with Crippen LogP contribution in [0.3, 0.4) is 0 Å². The van der Waals surface area contributed by atoms with Crippen molar-refractivity contribution in [3.8, 4) is 0 Å². The maximum Gasteiger partial charge on any atom is 0.220 e. The molecule has 0 bridgehead atoms. The molecule has 64 heavy (non-hydrogen) atoms. The average Bonchev–Trinajstić information content (AvgIpc) is 3.29. The second-order valence-electron chi connectivity index (χ2n) is 18.6. The van der Waals surface area contributed by atoms with Crippen molar-refractivity contribution in [3.63, 3.8) is 0 Å². The van der Waals surface area contributed by atoms with Gasteiger partial charge in [-0.25, -0.2) is 0 Å². The molecule has 1 rings (SSSR count). The van der Waals surface area contributed by atoms with Gasteiger partial charge in [-0.3, -0.25) is 4.79 Å². The lowest BCUT2D eigenvalue weighted by Gasteiger charge is -2.40. The van der Waals surface area contributed by atoms with Gasteiger partial charge in [0.15, 0.2) is 6.29 Å². The maximum atomic E-state index is 13.0. The summed E-state index contributed by atoms with van der Waals surface area (Å²) in [5.74, 6) is -0.199. The fourth-order valence-electron chi connectivity index (χ4n) is 8.30. The van der Waals surface area contributed by atoms with E-state index in [0.29, 0.717) is 6.42 Å². The Kier molecular flexibility index (Phi) is 42.3. The molecule has 1 saturated heterocycles. The highest BCUT2D eigenvalue weighted by Gasteiger charge is 2.44. The number of carbonyl (C=O) groups is 1. The van der Waals surface area contributed by atoms with Crippen LogP contribution < -0.4 is 5.32 Å². The second kappa shape index (κ2) is 45.0. The summed E-state index contributed by atoms with van der Waals surface area (Å²) in [5, 5.41) is 54.3. The van der Waals surface area contributed by atoms with E-state index in [2.05, 4.69) is 55.6 Å². The first-order valence-corrected chi connectivity index (χ1v) is 26.9. The van der Waals surface area contributed by atoms with Gasteiger partial charge in [0.25, 0.3) is 0 Å². The normalized spacial score (nSPS) is 20.4. The summed E-state index contributed by atoms with van der Waals surface area (Å²) >= 11 is 0. The maximum absolute atomic E-state index is 13.0. The van der Waals surface area contributed by atoms with Gasteiger partial charge in [0, 0.05) is 6.42 Å². The molecule has 7 unspecified atom stereocenters. The quantitative estimate of drug-likeness (QED) is 0.0261. The van der Waals surface area contributed by atoms with Crippen molar-refractivity contribution in [2.75, 3.05) is 13.2 Å². The first kappa shape index (κ1) is 60.2. The molecule has 9 nitrogen and oxygen atoms in total. The van der Waals surface area contributed by atoms with Crippen molar-refractivity contribution in [1.29, 1.82) is 0 Å². The van der Waals surface area contributed by atoms with E-state index in [1.807, 2.05) is 6.08 Å². The van der Waals surface area contributed by atoms with Crippen LogP contribution in [-0.2, 0) is 14.3 Å². The Morgan fingerprint density at radius 2 is 0.891 bits per heavy atom. The average molecular weight is 904 g/mol. The van der Waals surface area contributed by atoms with Crippen LogP contribution >= 0.6 is 0 Å². The van der Waals surface area contributed by atoms with Gasteiger partial charge in [0.2, 0.25) is 5.91 Å². The number of hydrogen-bond acceptors (Lipinski definition) is 8. The number of aliphatic hydroxyl groups excluding tert-OH is 5. The van der Waals surface area contributed by atoms with Gasteiger partial charge in [0.1, 0.15) is 24.4 Å². The molecule has 1 aliphatic rings. The highest BCUT2D eigenvalue weighted by atomic mass is 16.7. The Bertz CT molecular complexity index is 1140. The molecule has 7 atom stereocenters. The van der Waals surface area contributed by atoms with Gasteiger partial charge in [-0.2, -0.15) is 0 Å². The Labute approximate surface area is 393 Å². The van der Waals surface area contributed by atoms with Crippen molar-refractivity contribution in [3.05, 3.63) is 48.6 Å². The molecule has 374 valence electrons. The Hall–Kier alpha value is -1.85. The minimum Gasteiger partial charge on any atom is -0.394 e. The monoisotopic (exact) mass is 904 g/mol. The zero-order chi connectivity index (χ0) is 46.6. The largest absolute Gasteiger partial charge is 0.394 e. The fraction of sp³-hybridized carbons (Fsp3) is 0.836. The summed E-state index contributed by atoms with van der Waals surface area (Å²) in [6.45, 7) is 3.76. The molecular formula is C55H101NO8. The number of amides is 1. The highest BCUT2D eigenvalue weighted by Crippen LogP contribution is 2.23. The van der Waals surface area contributed by atoms with E-state index in [0.717, 1.165) is 64.2 Å². The van der Waals surface area contributed by atoms with Crippen molar-refractivity contribution in [2.45, 2.75) is 281 Å². The van der Waals surface area contributed by atoms with Gasteiger partial charge < -0.3 is 40.3 Å². The summed E-state index contributed by atoms with van der Waals surface area (Å²) in [6.07, 6.45) is 51.7. The van der Waals surface area contributed by atoms with Crippen LogP contribution in [0.4, 0.5) is 0 Å². The summed E-state index contributed by atoms with van der Waals surface area (Å²) in [5.41, 5.74) is 0. The molecule has 6 N–H and O–H groups in total. The van der Waals surface area contributed by atoms with Crippen molar-refractivity contribution >= 4 is 5.91 Å². The molecule has 1 heterocycles. The third-order valence-electron chi connectivity index (χ3n) is 12.6. The van der Waals surface area contributed by atoms with E-state index in [1.165, 1.54) is 154 Å². The van der Waals surface area contributed by atoms with Crippen molar-refractivity contribution in [1.82, 2.24) is 5.32 Å². The van der Waals surface area contributed by atoms with E-state index < -0.39 is 49.5 Å². The van der Waals surface area contributed by atoms with Crippen LogP contribution in [0, 0.1) is 0 Å². The van der Waals surface area contributed by atoms with Crippen LogP contribution in [0.2, 0.25) is 0 Å². The van der Waals surface area contributed by atoms with E-state index in [4.69, 9.17) is 9.47 Å². The number of aliphatic hydroxyl groups is 5. The van der Waals surface area contributed by atoms with Crippen LogP contribution in [-0.4, -0.2) is 87.5 Å². The third kappa shape index (κ3) is 34.5. The second-order valence-corrected chi connectivity index (χ2v) is 18.6. The van der Waals surface area contributed by atoms with Crippen LogP contribution in [0.5, 0.6) is 0 Å². The van der Waals surface area contributed by atoms with Gasteiger partial charge >= 0.3 is 0 Å². The molecular weight excluding hydrogens is 803 g/mol. The number of rotatable bonds is 45. The third-order valence-corrected chi connectivity index (χ3v) is 12.6. The van der Waals surface area contributed by atoms with Crippen LogP contribution in [0.25, 0.3) is 0 Å². The van der Waals surface area contributed by atoms with Crippen LogP contribution in [0.15, 0.2) is 48.6 Å². The highest BCUT2D eigenvalue weighted by molar-refractivity contribution is 5.76. The lowest BCUT2D eigenvalue weighted by Crippen LogP contribution is -2.60. The van der Waals surface area contributed by atoms with Crippen LogP contribution in [0.1, 0.15) is 239 Å². The molecule has 0 saturated carbocycles. The lowest BCUT2D eigenvalue weighted by atomic mass is 9.99. The molecule has 1 amide bonds. The molecule has 0 aromatic carbocycles. The van der Waals surface area contributed by atoms with E-state index in [1.54, 1.807) is 6.08 Å². The molecule has 1 aliphatic heterocycles. The van der Waals surface area contributed by atoms with Gasteiger partial charge in [-0.15, -0.1) is 0 Å². The number of allylic oxidation sites excluding steroid dienone is 7. The Morgan fingerprint density at radius 3 is 1.31 bits per heavy atom. The first-order valence-electron chi connectivity index (χ1n) is 26.9. The Morgan fingerprint density at radius 1 is 0.516 bits per heavy atom. The zero-order valence-corrected chi connectivity index (χ0v) is 41.3. The fourth-order valence-corrected chi connectivity index (χ4v) is 8.30. The van der Waals surface area contributed by atoms with Gasteiger partial charge in [0.05, 0.1) is 25.4 Å². The topological polar surface area (TPSA) is 149 Å². The molecule has 0 radical (unpaired) electrons. The summed E-state index contributed by atoms with van der Waals surface area (Å²) in [6, 6.07) is -0.833. The number of nitrogens with one attached hydrogen (secondary N) is 1. The van der Waals surface area contributed by atoms with Crippen molar-refractivity contribution < 1.29 is 39.8 Å². The first-order chi connectivity index (χ1) is 31.3. The summed E-state index contributed by atoms with van der Waals surface area (Å²) in [7, 11) is 0. The summed E-state index contributed by atoms with van der Waals surface area (Å²) < 4.78 is 11.2.